The van der Waals surface area contributed by atoms with Gasteiger partial charge in [0.2, 0.25) is 6.79 Å². The van der Waals surface area contributed by atoms with Crippen LogP contribution in [0.4, 0.5) is 0 Å². The van der Waals surface area contributed by atoms with Crippen LogP contribution in [0.25, 0.3) is 0 Å². The Hall–Kier alpha value is -3.26. The van der Waals surface area contributed by atoms with Gasteiger partial charge >= 0.3 is 0 Å². The van der Waals surface area contributed by atoms with Gasteiger partial charge in [-0.2, -0.15) is 0 Å². The van der Waals surface area contributed by atoms with Gasteiger partial charge in [-0.3, -0.25) is 4.79 Å². The zero-order valence-electron chi connectivity index (χ0n) is 15.1. The van der Waals surface area contributed by atoms with E-state index in [9.17, 15) is 4.79 Å². The molecule has 3 aromatic rings. The standard InChI is InChI=1S/C20H18N2O5S/c1-24-15-4-2-3-5-16(15)25-10-19-22-14(11-28-19)20(23)21-9-13-6-7-17-18(8-13)27-12-26-17/h2-8,11H,9-10,12H2,1H3,(H,21,23). The molecule has 4 rings (SSSR count). The predicted octanol–water partition coefficient (Wildman–Crippen LogP) is 3.39. The van der Waals surface area contributed by atoms with Crippen LogP contribution in [0.5, 0.6) is 23.0 Å². The van der Waals surface area contributed by atoms with Crippen molar-refractivity contribution in [3.05, 3.63) is 64.1 Å². The van der Waals surface area contributed by atoms with Crippen molar-refractivity contribution in [1.82, 2.24) is 10.3 Å². The van der Waals surface area contributed by atoms with Gasteiger partial charge in [0.25, 0.3) is 5.91 Å². The summed E-state index contributed by atoms with van der Waals surface area (Å²) in [5.74, 6) is 2.46. The highest BCUT2D eigenvalue weighted by Gasteiger charge is 2.15. The molecule has 7 nitrogen and oxygen atoms in total. The molecule has 0 fully saturated rings. The second kappa shape index (κ2) is 8.18. The third kappa shape index (κ3) is 4.01. The average molecular weight is 398 g/mol. The molecule has 0 saturated heterocycles. The lowest BCUT2D eigenvalue weighted by atomic mass is 10.2. The van der Waals surface area contributed by atoms with Crippen molar-refractivity contribution in [3.8, 4) is 23.0 Å². The lowest BCUT2D eigenvalue weighted by molar-refractivity contribution is 0.0946. The number of para-hydroxylation sites is 2. The quantitative estimate of drug-likeness (QED) is 0.657. The van der Waals surface area contributed by atoms with Gasteiger partial charge < -0.3 is 24.3 Å². The Morgan fingerprint density at radius 2 is 2.00 bits per heavy atom. The highest BCUT2D eigenvalue weighted by atomic mass is 32.1. The summed E-state index contributed by atoms with van der Waals surface area (Å²) in [5, 5.41) is 5.29. The first-order chi connectivity index (χ1) is 13.7. The molecule has 0 bridgehead atoms. The zero-order chi connectivity index (χ0) is 19.3. The summed E-state index contributed by atoms with van der Waals surface area (Å²) in [6.45, 7) is 0.865. The number of benzene rings is 2. The lowest BCUT2D eigenvalue weighted by Gasteiger charge is -2.08. The van der Waals surface area contributed by atoms with Crippen LogP contribution in [0.2, 0.25) is 0 Å². The Morgan fingerprint density at radius 3 is 2.86 bits per heavy atom. The summed E-state index contributed by atoms with van der Waals surface area (Å²) in [4.78, 5) is 16.7. The lowest BCUT2D eigenvalue weighted by Crippen LogP contribution is -2.23. The summed E-state index contributed by atoms with van der Waals surface area (Å²) >= 11 is 1.37. The van der Waals surface area contributed by atoms with Gasteiger partial charge in [-0.1, -0.05) is 18.2 Å². The number of carbonyl (C=O) groups is 1. The first kappa shape index (κ1) is 18.1. The van der Waals surface area contributed by atoms with Crippen molar-refractivity contribution in [3.63, 3.8) is 0 Å². The number of methoxy groups -OCH3 is 1. The Balaban J connectivity index is 1.32. The van der Waals surface area contributed by atoms with Crippen LogP contribution < -0.4 is 24.3 Å². The van der Waals surface area contributed by atoms with Crippen molar-refractivity contribution >= 4 is 17.2 Å². The van der Waals surface area contributed by atoms with E-state index in [1.807, 2.05) is 42.5 Å². The first-order valence-corrected chi connectivity index (χ1v) is 9.48. The number of carbonyl (C=O) groups excluding carboxylic acids is 1. The SMILES string of the molecule is COc1ccccc1OCc1nc(C(=O)NCc2ccc3c(c2)OCO3)cs1. The van der Waals surface area contributed by atoms with Crippen LogP contribution in [0.3, 0.4) is 0 Å². The molecular formula is C20H18N2O5S. The summed E-state index contributed by atoms with van der Waals surface area (Å²) in [7, 11) is 1.59. The number of hydrogen-bond donors (Lipinski definition) is 1. The van der Waals surface area contributed by atoms with Crippen molar-refractivity contribution < 1.29 is 23.7 Å². The van der Waals surface area contributed by atoms with Crippen LogP contribution in [0.15, 0.2) is 47.8 Å². The van der Waals surface area contributed by atoms with Crippen LogP contribution in [-0.2, 0) is 13.2 Å². The van der Waals surface area contributed by atoms with Gasteiger partial charge in [0.15, 0.2) is 23.0 Å². The number of nitrogens with one attached hydrogen (secondary N) is 1. The van der Waals surface area contributed by atoms with Crippen molar-refractivity contribution in [2.75, 3.05) is 13.9 Å². The molecule has 0 saturated carbocycles. The number of ether oxygens (including phenoxy) is 4. The van der Waals surface area contributed by atoms with E-state index >= 15 is 0 Å². The molecular weight excluding hydrogens is 380 g/mol. The maximum atomic E-state index is 12.4. The van der Waals surface area contributed by atoms with E-state index in [0.29, 0.717) is 40.2 Å². The average Bonchev–Trinajstić information content (AvgIpc) is 3.39. The zero-order valence-corrected chi connectivity index (χ0v) is 16.0. The van der Waals surface area contributed by atoms with E-state index in [1.165, 1.54) is 11.3 Å². The molecule has 1 aliphatic heterocycles. The van der Waals surface area contributed by atoms with Crippen LogP contribution in [0, 0.1) is 0 Å². The van der Waals surface area contributed by atoms with Crippen molar-refractivity contribution in [2.24, 2.45) is 0 Å². The van der Waals surface area contributed by atoms with E-state index in [2.05, 4.69) is 10.3 Å². The number of thiazole rings is 1. The van der Waals surface area contributed by atoms with E-state index in [-0.39, 0.29) is 19.3 Å². The fraction of sp³-hybridized carbons (Fsp3) is 0.200. The highest BCUT2D eigenvalue weighted by Crippen LogP contribution is 2.32. The number of fused-ring (bicyclic) bond motifs is 1. The molecule has 1 aliphatic rings. The summed E-state index contributed by atoms with van der Waals surface area (Å²) in [6.07, 6.45) is 0. The monoisotopic (exact) mass is 398 g/mol. The normalized spacial score (nSPS) is 11.9. The van der Waals surface area contributed by atoms with Gasteiger partial charge in [-0.25, -0.2) is 4.98 Å². The minimum atomic E-state index is -0.238. The van der Waals surface area contributed by atoms with Gasteiger partial charge in [0, 0.05) is 11.9 Å². The summed E-state index contributed by atoms with van der Waals surface area (Å²) < 4.78 is 21.6. The topological polar surface area (TPSA) is 78.9 Å². The third-order valence-electron chi connectivity index (χ3n) is 4.09. The van der Waals surface area contributed by atoms with Gasteiger partial charge in [0.05, 0.1) is 7.11 Å². The predicted molar refractivity (Wildman–Crippen MR) is 103 cm³/mol. The van der Waals surface area contributed by atoms with Crippen LogP contribution in [0.1, 0.15) is 21.1 Å². The Labute approximate surface area is 165 Å². The number of amides is 1. The van der Waals surface area contributed by atoms with Crippen molar-refractivity contribution in [2.45, 2.75) is 13.2 Å². The maximum Gasteiger partial charge on any atom is 0.271 e. The fourth-order valence-electron chi connectivity index (χ4n) is 2.68. The van der Waals surface area contributed by atoms with E-state index < -0.39 is 0 Å². The van der Waals surface area contributed by atoms with Crippen LogP contribution >= 0.6 is 11.3 Å². The first-order valence-electron chi connectivity index (χ1n) is 8.60. The number of rotatable bonds is 7. The number of hydrogen-bond acceptors (Lipinski definition) is 7. The Morgan fingerprint density at radius 1 is 1.18 bits per heavy atom. The molecule has 1 amide bonds. The molecule has 0 spiro atoms. The van der Waals surface area contributed by atoms with Gasteiger partial charge in [-0.15, -0.1) is 11.3 Å². The van der Waals surface area contributed by atoms with Crippen LogP contribution in [-0.4, -0.2) is 24.8 Å². The molecule has 0 atom stereocenters. The van der Waals surface area contributed by atoms with Gasteiger partial charge in [0.1, 0.15) is 17.3 Å². The minimum Gasteiger partial charge on any atom is -0.493 e. The number of nitrogens with zero attached hydrogens (tertiary/aromatic N) is 1. The largest absolute Gasteiger partial charge is 0.493 e. The minimum absolute atomic E-state index is 0.226. The second-order valence-electron chi connectivity index (χ2n) is 5.94. The maximum absolute atomic E-state index is 12.4. The molecule has 0 unspecified atom stereocenters. The molecule has 28 heavy (non-hydrogen) atoms. The van der Waals surface area contributed by atoms with Gasteiger partial charge in [-0.05, 0) is 29.8 Å². The molecule has 1 aromatic heterocycles. The summed E-state index contributed by atoms with van der Waals surface area (Å²) in [6, 6.07) is 13.0. The molecule has 0 radical (unpaired) electrons. The summed E-state index contributed by atoms with van der Waals surface area (Å²) in [5.41, 5.74) is 1.29. The molecule has 1 N–H and O–H groups in total. The highest BCUT2D eigenvalue weighted by molar-refractivity contribution is 7.09. The molecule has 0 aliphatic carbocycles. The second-order valence-corrected chi connectivity index (χ2v) is 6.88. The Bertz CT molecular complexity index is 988. The Kier molecular flexibility index (Phi) is 5.29. The molecule has 8 heteroatoms. The van der Waals surface area contributed by atoms with E-state index in [0.717, 1.165) is 5.56 Å². The van der Waals surface area contributed by atoms with Crippen molar-refractivity contribution in [1.29, 1.82) is 0 Å². The fourth-order valence-corrected chi connectivity index (χ4v) is 3.37. The molecule has 2 heterocycles. The van der Waals surface area contributed by atoms with E-state index in [4.69, 9.17) is 18.9 Å². The third-order valence-corrected chi connectivity index (χ3v) is 4.92. The number of aromatic nitrogens is 1. The smallest absolute Gasteiger partial charge is 0.271 e. The molecule has 144 valence electrons. The van der Waals surface area contributed by atoms with E-state index in [1.54, 1.807) is 12.5 Å². The molecule has 2 aromatic carbocycles.